The van der Waals surface area contributed by atoms with Crippen LogP contribution in [0.2, 0.25) is 0 Å². The Morgan fingerprint density at radius 2 is 1.73 bits per heavy atom. The van der Waals surface area contributed by atoms with Gasteiger partial charge in [-0.15, -0.1) is 0 Å². The lowest BCUT2D eigenvalue weighted by molar-refractivity contribution is 0.00578. The summed E-state index contributed by atoms with van der Waals surface area (Å²) in [6.45, 7) is 7.96. The molecule has 2 saturated heterocycles. The number of nitrogens with zero attached hydrogens (tertiary/aromatic N) is 1. The zero-order chi connectivity index (χ0) is 19.2. The molecule has 6 nitrogen and oxygen atoms in total. The molecule has 142 valence electrons. The lowest BCUT2D eigenvalue weighted by Gasteiger charge is -2.39. The van der Waals surface area contributed by atoms with Crippen LogP contribution in [0.5, 0.6) is 5.75 Å². The predicted molar refractivity (Wildman–Crippen MR) is 103 cm³/mol. The van der Waals surface area contributed by atoms with Gasteiger partial charge in [0.15, 0.2) is 0 Å². The first-order chi connectivity index (χ1) is 12.0. The maximum Gasteiger partial charge on any atom is 0.494 e. The van der Waals surface area contributed by atoms with Crippen molar-refractivity contribution >= 4 is 23.2 Å². The third-order valence-corrected chi connectivity index (χ3v) is 7.26. The summed E-state index contributed by atoms with van der Waals surface area (Å²) in [5.74, 6) is 1.22. The second-order valence-corrected chi connectivity index (χ2v) is 10.4. The standard InChI is InChI=1S/C18H26BNO5S/c1-17(2)18(3,4)25-19(24-17)14-5-6-16(13(11-14)12-20)23-15-7-9-26(21,22)10-8-15/h5-6,11,15,21-22H,7-10H2,1-4H3. The quantitative estimate of drug-likeness (QED) is 0.784. The normalized spacial score (nSPS) is 25.5. The molecule has 8 heteroatoms. The average molecular weight is 379 g/mol. The summed E-state index contributed by atoms with van der Waals surface area (Å²) in [5.41, 5.74) is 0.329. The summed E-state index contributed by atoms with van der Waals surface area (Å²) in [5, 5.41) is 9.52. The second-order valence-electron chi connectivity index (χ2n) is 7.98. The maximum atomic E-state index is 9.70. The molecule has 0 spiro atoms. The topological polar surface area (TPSA) is 91.9 Å². The van der Waals surface area contributed by atoms with E-state index in [0.29, 0.717) is 35.7 Å². The van der Waals surface area contributed by atoms with Gasteiger partial charge in [0.2, 0.25) is 0 Å². The highest BCUT2D eigenvalue weighted by Crippen LogP contribution is 2.44. The van der Waals surface area contributed by atoms with Crippen molar-refractivity contribution in [1.82, 2.24) is 0 Å². The van der Waals surface area contributed by atoms with Gasteiger partial charge in [0, 0.05) is 24.3 Å². The van der Waals surface area contributed by atoms with Gasteiger partial charge in [-0.05, 0) is 45.3 Å². The van der Waals surface area contributed by atoms with Crippen molar-refractivity contribution in [3.63, 3.8) is 0 Å². The van der Waals surface area contributed by atoms with E-state index in [0.717, 1.165) is 5.46 Å². The molecule has 26 heavy (non-hydrogen) atoms. The van der Waals surface area contributed by atoms with E-state index in [1.54, 1.807) is 12.1 Å². The fourth-order valence-corrected chi connectivity index (χ4v) is 4.53. The Balaban J connectivity index is 1.74. The van der Waals surface area contributed by atoms with E-state index < -0.39 is 28.9 Å². The van der Waals surface area contributed by atoms with Gasteiger partial charge < -0.3 is 14.0 Å². The highest BCUT2D eigenvalue weighted by atomic mass is 32.3. The SMILES string of the molecule is CC1(C)OB(c2ccc(OC3CCS(O)(O)CC3)c(C#N)c2)OC1(C)C. The zero-order valence-corrected chi connectivity index (χ0v) is 16.5. The molecular weight excluding hydrogens is 353 g/mol. The van der Waals surface area contributed by atoms with Crippen LogP contribution in [-0.2, 0) is 9.31 Å². The Hall–Kier alpha value is -1.24. The minimum atomic E-state index is -2.44. The van der Waals surface area contributed by atoms with Crippen LogP contribution >= 0.6 is 10.6 Å². The highest BCUT2D eigenvalue weighted by molar-refractivity contribution is 8.24. The molecule has 0 amide bonds. The molecule has 0 radical (unpaired) electrons. The van der Waals surface area contributed by atoms with Crippen LogP contribution < -0.4 is 10.2 Å². The number of benzene rings is 1. The fourth-order valence-electron chi connectivity index (χ4n) is 3.05. The van der Waals surface area contributed by atoms with Crippen LogP contribution in [-0.4, -0.2) is 45.0 Å². The van der Waals surface area contributed by atoms with Gasteiger partial charge in [-0.2, -0.15) is 15.9 Å². The van der Waals surface area contributed by atoms with Gasteiger partial charge in [0.1, 0.15) is 17.9 Å². The Labute approximate surface area is 156 Å². The van der Waals surface area contributed by atoms with E-state index in [-0.39, 0.29) is 6.10 Å². The molecule has 2 N–H and O–H groups in total. The molecule has 3 rings (SSSR count). The fraction of sp³-hybridized carbons (Fsp3) is 0.611. The second kappa shape index (κ2) is 6.73. The van der Waals surface area contributed by atoms with Crippen molar-refractivity contribution in [2.45, 2.75) is 57.8 Å². The molecule has 0 bridgehead atoms. The third kappa shape index (κ3) is 3.87. The number of hydrogen-bond acceptors (Lipinski definition) is 6. The van der Waals surface area contributed by atoms with Crippen LogP contribution in [0.25, 0.3) is 0 Å². The minimum absolute atomic E-state index is 0.107. The number of nitriles is 1. The summed E-state index contributed by atoms with van der Waals surface area (Å²) >= 11 is 0. The van der Waals surface area contributed by atoms with Gasteiger partial charge in [-0.25, -0.2) is 0 Å². The predicted octanol–water partition coefficient (Wildman–Crippen LogP) is 3.15. The summed E-state index contributed by atoms with van der Waals surface area (Å²) < 4.78 is 37.4. The van der Waals surface area contributed by atoms with E-state index in [1.165, 1.54) is 0 Å². The number of hydrogen-bond donors (Lipinski definition) is 2. The molecule has 0 aliphatic carbocycles. The Morgan fingerprint density at radius 3 is 2.27 bits per heavy atom. The van der Waals surface area contributed by atoms with E-state index >= 15 is 0 Å². The molecular formula is C18H26BNO5S. The van der Waals surface area contributed by atoms with Gasteiger partial charge in [-0.3, -0.25) is 9.11 Å². The lowest BCUT2D eigenvalue weighted by Crippen LogP contribution is -2.41. The minimum Gasteiger partial charge on any atom is -0.489 e. The van der Waals surface area contributed by atoms with E-state index in [2.05, 4.69) is 6.07 Å². The van der Waals surface area contributed by atoms with E-state index in [9.17, 15) is 14.4 Å². The van der Waals surface area contributed by atoms with Crippen molar-refractivity contribution in [3.8, 4) is 11.8 Å². The first-order valence-corrected chi connectivity index (χ1v) is 10.7. The number of rotatable bonds is 3. The molecule has 2 aliphatic heterocycles. The molecule has 2 fully saturated rings. The van der Waals surface area contributed by atoms with Crippen molar-refractivity contribution in [3.05, 3.63) is 23.8 Å². The Morgan fingerprint density at radius 1 is 1.15 bits per heavy atom. The summed E-state index contributed by atoms with van der Waals surface area (Å²) in [4.78, 5) is 0. The van der Waals surface area contributed by atoms with Crippen LogP contribution in [0.1, 0.15) is 46.1 Å². The largest absolute Gasteiger partial charge is 0.494 e. The molecule has 1 aromatic carbocycles. The Kier molecular flexibility index (Phi) is 5.06. The van der Waals surface area contributed by atoms with Crippen molar-refractivity contribution < 1.29 is 23.2 Å². The third-order valence-electron chi connectivity index (χ3n) is 5.48. The molecule has 2 heterocycles. The highest BCUT2D eigenvalue weighted by Gasteiger charge is 2.51. The summed E-state index contributed by atoms with van der Waals surface area (Å²) in [6, 6.07) is 7.55. The van der Waals surface area contributed by atoms with Gasteiger partial charge in [0.05, 0.1) is 16.8 Å². The van der Waals surface area contributed by atoms with E-state index in [4.69, 9.17) is 14.0 Å². The summed E-state index contributed by atoms with van der Waals surface area (Å²) in [7, 11) is -2.97. The van der Waals surface area contributed by atoms with Crippen LogP contribution in [0.4, 0.5) is 0 Å². The summed E-state index contributed by atoms with van der Waals surface area (Å²) in [6.07, 6.45) is 1.04. The van der Waals surface area contributed by atoms with Crippen LogP contribution in [0.15, 0.2) is 18.2 Å². The van der Waals surface area contributed by atoms with Crippen molar-refractivity contribution in [2.24, 2.45) is 0 Å². The van der Waals surface area contributed by atoms with Gasteiger partial charge in [-0.1, -0.05) is 6.07 Å². The van der Waals surface area contributed by atoms with E-state index in [1.807, 2.05) is 33.8 Å². The monoisotopic (exact) mass is 379 g/mol. The molecule has 2 aliphatic rings. The molecule has 1 aromatic rings. The Bertz CT molecular complexity index is 705. The van der Waals surface area contributed by atoms with Crippen molar-refractivity contribution in [2.75, 3.05) is 11.5 Å². The number of ether oxygens (including phenoxy) is 1. The maximum absolute atomic E-state index is 9.70. The van der Waals surface area contributed by atoms with Crippen LogP contribution in [0, 0.1) is 11.3 Å². The lowest BCUT2D eigenvalue weighted by atomic mass is 9.78. The van der Waals surface area contributed by atoms with Crippen LogP contribution in [0.3, 0.4) is 0 Å². The first kappa shape index (κ1) is 19.5. The van der Waals surface area contributed by atoms with Crippen molar-refractivity contribution in [1.29, 1.82) is 5.26 Å². The molecule has 0 atom stereocenters. The average Bonchev–Trinajstić information content (AvgIpc) is 2.77. The van der Waals surface area contributed by atoms with Gasteiger partial charge in [0.25, 0.3) is 0 Å². The molecule has 0 unspecified atom stereocenters. The van der Waals surface area contributed by atoms with Gasteiger partial charge >= 0.3 is 7.12 Å². The first-order valence-electron chi connectivity index (χ1n) is 8.83. The molecule has 0 saturated carbocycles. The molecule has 0 aromatic heterocycles. The smallest absolute Gasteiger partial charge is 0.489 e. The zero-order valence-electron chi connectivity index (χ0n) is 15.7.